The number of fused-ring (bicyclic) bond motifs is 2. The number of carbonyl (C=O) groups excluding carboxylic acids is 1. The molecule has 0 atom stereocenters. The fraction of sp³-hybridized carbons (Fsp3) is 0.364. The lowest BCUT2D eigenvalue weighted by Crippen LogP contribution is -2.46. The molecule has 2 aliphatic rings. The van der Waals surface area contributed by atoms with Gasteiger partial charge in [-0.15, -0.1) is 0 Å². The fourth-order valence-corrected chi connectivity index (χ4v) is 6.73. The third-order valence-electron chi connectivity index (χ3n) is 6.03. The van der Waals surface area contributed by atoms with Crippen LogP contribution in [0.4, 0.5) is 5.82 Å². The first-order valence-electron chi connectivity index (χ1n) is 10.5. The van der Waals surface area contributed by atoms with Crippen LogP contribution < -0.4 is 4.90 Å². The topological polar surface area (TPSA) is 73.8 Å². The maximum atomic E-state index is 12.6. The average Bonchev–Trinajstić information content (AvgIpc) is 3.30. The Kier molecular flexibility index (Phi) is 5.41. The van der Waals surface area contributed by atoms with Crippen LogP contribution in [0.25, 0.3) is 10.1 Å². The second kappa shape index (κ2) is 8.22. The quantitative estimate of drug-likeness (QED) is 0.531. The molecule has 9 heteroatoms. The van der Waals surface area contributed by atoms with Crippen LogP contribution in [0.3, 0.4) is 0 Å². The summed E-state index contributed by atoms with van der Waals surface area (Å²) >= 11 is 1.55. The molecule has 0 bridgehead atoms. The zero-order valence-electron chi connectivity index (χ0n) is 17.1. The van der Waals surface area contributed by atoms with Crippen molar-refractivity contribution in [3.8, 4) is 0 Å². The predicted octanol–water partition coefficient (Wildman–Crippen LogP) is 3.04. The Hall–Kier alpha value is -2.49. The molecule has 1 fully saturated rings. The van der Waals surface area contributed by atoms with Crippen LogP contribution in [0.15, 0.2) is 53.4 Å². The Morgan fingerprint density at radius 1 is 0.903 bits per heavy atom. The van der Waals surface area contributed by atoms with Gasteiger partial charge in [0.15, 0.2) is 0 Å². The number of amides is 1. The van der Waals surface area contributed by atoms with E-state index in [0.29, 0.717) is 6.42 Å². The summed E-state index contributed by atoms with van der Waals surface area (Å²) in [6, 6.07) is 14.8. The van der Waals surface area contributed by atoms with Crippen molar-refractivity contribution in [2.45, 2.75) is 17.7 Å². The number of benzene rings is 2. The molecule has 3 heterocycles. The van der Waals surface area contributed by atoms with E-state index >= 15 is 0 Å². The van der Waals surface area contributed by atoms with Crippen molar-refractivity contribution in [2.75, 3.05) is 44.2 Å². The molecule has 1 aromatic heterocycles. The number of nitrogens with zero attached hydrogens (tertiary/aromatic N) is 4. The van der Waals surface area contributed by atoms with Crippen molar-refractivity contribution >= 4 is 43.4 Å². The molecule has 162 valence electrons. The van der Waals surface area contributed by atoms with Crippen LogP contribution in [0.5, 0.6) is 0 Å². The van der Waals surface area contributed by atoms with Crippen LogP contribution in [0, 0.1) is 0 Å². The first-order valence-corrected chi connectivity index (χ1v) is 12.7. The Labute approximate surface area is 186 Å². The monoisotopic (exact) mass is 456 g/mol. The number of sulfonamides is 1. The standard InChI is InChI=1S/C22H24N4O3S2/c27-22-18-8-2-4-10-20(18)31(28,29)26(22)12-6-5-11-24-13-15-25(16-14-24)21-17-7-1-3-9-19(17)30-23-21/h1-4,7-10H,5-6,11-16H2. The number of anilines is 1. The van der Waals surface area contributed by atoms with Gasteiger partial charge >= 0.3 is 0 Å². The SMILES string of the molecule is O=C1c2ccccc2S(=O)(=O)N1CCCCN1CCN(c2nsc3ccccc23)CC1. The number of rotatable bonds is 6. The molecule has 2 aliphatic heterocycles. The summed E-state index contributed by atoms with van der Waals surface area (Å²) in [5.74, 6) is 0.678. The minimum atomic E-state index is -3.69. The summed E-state index contributed by atoms with van der Waals surface area (Å²) in [6.07, 6.45) is 1.52. The first-order chi connectivity index (χ1) is 15.1. The molecule has 0 radical (unpaired) electrons. The normalized spacial score (nSPS) is 18.6. The molecule has 1 saturated heterocycles. The number of carbonyl (C=O) groups is 1. The molecule has 2 aromatic carbocycles. The van der Waals surface area contributed by atoms with E-state index in [1.807, 2.05) is 6.07 Å². The highest BCUT2D eigenvalue weighted by Crippen LogP contribution is 2.31. The zero-order valence-corrected chi connectivity index (χ0v) is 18.7. The number of unbranched alkanes of at least 4 members (excludes halogenated alkanes) is 1. The smallest absolute Gasteiger partial charge is 0.269 e. The van der Waals surface area contributed by atoms with Crippen LogP contribution in [-0.2, 0) is 10.0 Å². The maximum Gasteiger partial charge on any atom is 0.269 e. The first kappa shape index (κ1) is 20.4. The Morgan fingerprint density at radius 3 is 2.42 bits per heavy atom. The van der Waals surface area contributed by atoms with Gasteiger partial charge in [-0.1, -0.05) is 24.3 Å². The summed E-state index contributed by atoms with van der Waals surface area (Å²) in [6.45, 7) is 4.92. The van der Waals surface area contributed by atoms with Crippen LogP contribution in [0.1, 0.15) is 23.2 Å². The van der Waals surface area contributed by atoms with Crippen molar-refractivity contribution in [2.24, 2.45) is 0 Å². The lowest BCUT2D eigenvalue weighted by atomic mass is 10.2. The van der Waals surface area contributed by atoms with Crippen molar-refractivity contribution in [1.82, 2.24) is 13.6 Å². The van der Waals surface area contributed by atoms with Crippen molar-refractivity contribution in [3.05, 3.63) is 54.1 Å². The van der Waals surface area contributed by atoms with E-state index in [2.05, 4.69) is 32.4 Å². The zero-order chi connectivity index (χ0) is 21.4. The van der Waals surface area contributed by atoms with E-state index in [0.717, 1.165) is 49.3 Å². The Morgan fingerprint density at radius 2 is 1.61 bits per heavy atom. The maximum absolute atomic E-state index is 12.6. The summed E-state index contributed by atoms with van der Waals surface area (Å²) in [7, 11) is -3.69. The van der Waals surface area contributed by atoms with E-state index in [1.54, 1.807) is 29.7 Å². The Balaban J connectivity index is 1.11. The van der Waals surface area contributed by atoms with E-state index in [-0.39, 0.29) is 17.0 Å². The van der Waals surface area contributed by atoms with Crippen molar-refractivity contribution in [3.63, 3.8) is 0 Å². The molecule has 0 N–H and O–H groups in total. The largest absolute Gasteiger partial charge is 0.353 e. The van der Waals surface area contributed by atoms with Crippen molar-refractivity contribution < 1.29 is 13.2 Å². The molecule has 3 aromatic rings. The molecule has 7 nitrogen and oxygen atoms in total. The number of piperazine rings is 1. The predicted molar refractivity (Wildman–Crippen MR) is 122 cm³/mol. The highest BCUT2D eigenvalue weighted by molar-refractivity contribution is 7.90. The summed E-state index contributed by atoms with van der Waals surface area (Å²) in [4.78, 5) is 17.4. The fourth-order valence-electron chi connectivity index (χ4n) is 4.33. The molecule has 0 aliphatic carbocycles. The van der Waals surface area contributed by atoms with Crippen LogP contribution in [-0.4, -0.2) is 67.2 Å². The second-order valence-electron chi connectivity index (χ2n) is 7.92. The highest BCUT2D eigenvalue weighted by atomic mass is 32.2. The van der Waals surface area contributed by atoms with Gasteiger partial charge in [0.05, 0.1) is 10.3 Å². The van der Waals surface area contributed by atoms with E-state index in [4.69, 9.17) is 0 Å². The number of hydrogen-bond donors (Lipinski definition) is 0. The van der Waals surface area contributed by atoms with Gasteiger partial charge in [0.25, 0.3) is 15.9 Å². The molecular formula is C22H24N4O3S2. The van der Waals surface area contributed by atoms with Gasteiger partial charge in [-0.2, -0.15) is 4.37 Å². The van der Waals surface area contributed by atoms with E-state index in [1.165, 1.54) is 16.2 Å². The second-order valence-corrected chi connectivity index (χ2v) is 10.6. The molecule has 0 saturated carbocycles. The van der Waals surface area contributed by atoms with Crippen molar-refractivity contribution in [1.29, 1.82) is 0 Å². The van der Waals surface area contributed by atoms with Gasteiger partial charge in [0.1, 0.15) is 10.7 Å². The minimum absolute atomic E-state index is 0.130. The summed E-state index contributed by atoms with van der Waals surface area (Å²) < 4.78 is 32.1. The minimum Gasteiger partial charge on any atom is -0.353 e. The lowest BCUT2D eigenvalue weighted by Gasteiger charge is -2.35. The van der Waals surface area contributed by atoms with Gasteiger partial charge in [0.2, 0.25) is 0 Å². The molecule has 5 rings (SSSR count). The molecule has 1 amide bonds. The van der Waals surface area contributed by atoms with Gasteiger partial charge in [-0.3, -0.25) is 9.69 Å². The highest BCUT2D eigenvalue weighted by Gasteiger charge is 2.40. The number of aromatic nitrogens is 1. The van der Waals surface area contributed by atoms with Gasteiger partial charge in [-0.05, 0) is 55.2 Å². The third-order valence-corrected chi connectivity index (χ3v) is 8.69. The van der Waals surface area contributed by atoms with E-state index in [9.17, 15) is 13.2 Å². The Bertz CT molecular complexity index is 1220. The summed E-state index contributed by atoms with van der Waals surface area (Å²) in [5, 5.41) is 1.22. The number of hydrogen-bond acceptors (Lipinski definition) is 7. The van der Waals surface area contributed by atoms with E-state index < -0.39 is 15.9 Å². The lowest BCUT2D eigenvalue weighted by molar-refractivity contribution is 0.0868. The van der Waals surface area contributed by atoms with Crippen LogP contribution >= 0.6 is 11.5 Å². The average molecular weight is 457 g/mol. The third kappa shape index (κ3) is 3.71. The van der Waals surface area contributed by atoms with Gasteiger partial charge in [0, 0.05) is 38.1 Å². The van der Waals surface area contributed by atoms with Gasteiger partial charge < -0.3 is 4.90 Å². The molecular weight excluding hydrogens is 432 g/mol. The van der Waals surface area contributed by atoms with Crippen LogP contribution in [0.2, 0.25) is 0 Å². The summed E-state index contributed by atoms with van der Waals surface area (Å²) in [5.41, 5.74) is 0.285. The van der Waals surface area contributed by atoms with Gasteiger partial charge in [-0.25, -0.2) is 12.7 Å². The molecule has 0 unspecified atom stereocenters. The molecule has 0 spiro atoms. The molecule has 31 heavy (non-hydrogen) atoms.